The average molecular weight is 214 g/mol. The van der Waals surface area contributed by atoms with Gasteiger partial charge in [-0.15, -0.1) is 0 Å². The Morgan fingerprint density at radius 3 is 1.12 bits per heavy atom. The first-order chi connectivity index (χ1) is 6.63. The van der Waals surface area contributed by atoms with Crippen molar-refractivity contribution in [1.29, 1.82) is 0 Å². The van der Waals surface area contributed by atoms with Crippen molar-refractivity contribution in [3.63, 3.8) is 0 Å². The summed E-state index contributed by atoms with van der Waals surface area (Å²) in [5.74, 6) is -2.00. The molecule has 0 amide bonds. The molecule has 0 rings (SSSR count). The maximum atomic E-state index is 10.0. The molecule has 0 N–H and O–H groups in total. The average Bonchev–Trinajstić information content (AvgIpc) is 2.08. The van der Waals surface area contributed by atoms with Crippen LogP contribution in [0, 0.1) is 0 Å². The molecule has 0 aromatic rings. The van der Waals surface area contributed by atoms with Gasteiger partial charge in [-0.05, 0) is 25.7 Å². The summed E-state index contributed by atoms with van der Waals surface area (Å²) in [6, 6.07) is 0. The van der Waals surface area contributed by atoms with Gasteiger partial charge in [0, 0.05) is 11.9 Å². The van der Waals surface area contributed by atoms with Crippen molar-refractivity contribution in [1.82, 2.24) is 0 Å². The van der Waals surface area contributed by atoms with E-state index in [1.54, 1.807) is 0 Å². The molecule has 0 fully saturated rings. The van der Waals surface area contributed by atoms with Gasteiger partial charge >= 0.3 is 37.7 Å². The van der Waals surface area contributed by atoms with E-state index in [0.29, 0.717) is 12.8 Å². The summed E-state index contributed by atoms with van der Waals surface area (Å²) in [7, 11) is 0. The minimum absolute atomic E-state index is 0. The second kappa shape index (κ2) is 15.1. The fourth-order valence-electron chi connectivity index (χ4n) is 1.25. The minimum atomic E-state index is -0.998. The molecule has 0 spiro atoms. The van der Waals surface area contributed by atoms with Crippen LogP contribution in [0.4, 0.5) is 0 Å². The third-order valence-electron chi connectivity index (χ3n) is 2.01. The first-order valence-electron chi connectivity index (χ1n) is 5.02. The van der Waals surface area contributed by atoms with Gasteiger partial charge < -0.3 is 19.8 Å². The zero-order valence-corrected chi connectivity index (χ0v) is 10.3. The number of hydrogen-bond donors (Lipinski definition) is 0. The van der Waals surface area contributed by atoms with Crippen molar-refractivity contribution in [2.45, 2.75) is 51.4 Å². The summed E-state index contributed by atoms with van der Waals surface area (Å²) in [5.41, 5.74) is 0. The van der Waals surface area contributed by atoms with Crippen molar-refractivity contribution in [3.05, 3.63) is 0 Å². The van der Waals surface area contributed by atoms with Crippen LogP contribution in [-0.2, 0) is 9.59 Å². The van der Waals surface area contributed by atoms with Crippen LogP contribution in [0.25, 0.3) is 0 Å². The second-order valence-electron chi connectivity index (χ2n) is 3.37. The maximum absolute atomic E-state index is 10.0. The van der Waals surface area contributed by atoms with Crippen LogP contribution in [0.1, 0.15) is 51.4 Å². The molecule has 16 heavy (non-hydrogen) atoms. The third kappa shape index (κ3) is 19.7. The fourth-order valence-corrected chi connectivity index (χ4v) is 1.25. The molecule has 0 aliphatic rings. The van der Waals surface area contributed by atoms with Gasteiger partial charge in [0.25, 0.3) is 0 Å². The summed E-state index contributed by atoms with van der Waals surface area (Å²) in [6.45, 7) is 0. The molecule has 0 aromatic carbocycles. The van der Waals surface area contributed by atoms with Gasteiger partial charge in [0.1, 0.15) is 0 Å². The number of aliphatic carboxylic acids is 2. The summed E-state index contributed by atoms with van der Waals surface area (Å²) in [6.07, 6.45) is 5.23. The first kappa shape index (κ1) is 21.4. The van der Waals surface area contributed by atoms with Crippen molar-refractivity contribution in [2.75, 3.05) is 0 Å². The van der Waals surface area contributed by atoms with Gasteiger partial charge in [0.2, 0.25) is 0 Å². The maximum Gasteiger partial charge on any atom is 1.00 e. The summed E-state index contributed by atoms with van der Waals surface area (Å²) < 4.78 is 0. The molecular weight excluding hydrogens is 198 g/mol. The Labute approximate surface area is 121 Å². The van der Waals surface area contributed by atoms with Crippen molar-refractivity contribution >= 4 is 11.9 Å². The van der Waals surface area contributed by atoms with Gasteiger partial charge in [0.15, 0.2) is 0 Å². The van der Waals surface area contributed by atoms with E-state index in [2.05, 4.69) is 0 Å². The summed E-state index contributed by atoms with van der Waals surface area (Å²) >= 11 is 0. The summed E-state index contributed by atoms with van der Waals surface area (Å²) in [5, 5.41) is 20.1. The number of carbonyl (C=O) groups is 2. The van der Waals surface area contributed by atoms with E-state index in [0.717, 1.165) is 25.7 Å². The van der Waals surface area contributed by atoms with Gasteiger partial charge in [-0.3, -0.25) is 0 Å². The molecule has 0 atom stereocenters. The normalized spacial score (nSPS) is 8.75. The van der Waals surface area contributed by atoms with E-state index >= 15 is 0 Å². The third-order valence-corrected chi connectivity index (χ3v) is 2.01. The van der Waals surface area contributed by atoms with Crippen LogP contribution in [0.15, 0.2) is 0 Å². The van der Waals surface area contributed by atoms with Gasteiger partial charge in [0.05, 0.1) is 0 Å². The van der Waals surface area contributed by atoms with Gasteiger partial charge in [-0.1, -0.05) is 25.7 Å². The summed E-state index contributed by atoms with van der Waals surface area (Å²) in [4.78, 5) is 20.1. The second-order valence-corrected chi connectivity index (χ2v) is 3.37. The van der Waals surface area contributed by atoms with Crippen LogP contribution in [0.5, 0.6) is 0 Å². The predicted molar refractivity (Wildman–Crippen MR) is 47.0 cm³/mol. The first-order valence-corrected chi connectivity index (χ1v) is 5.02. The Morgan fingerprint density at radius 2 is 0.875 bits per heavy atom. The molecule has 82 valence electrons. The van der Waals surface area contributed by atoms with Crippen LogP contribution < -0.4 is 47.9 Å². The Morgan fingerprint density at radius 1 is 0.625 bits per heavy atom. The zero-order chi connectivity index (χ0) is 10.8. The minimum Gasteiger partial charge on any atom is -0.550 e. The van der Waals surface area contributed by atoms with Gasteiger partial charge in [-0.25, -0.2) is 0 Å². The molecule has 0 bridgehead atoms. The molecule has 0 aliphatic carbocycles. The monoisotopic (exact) mass is 214 g/mol. The standard InChI is InChI=1S/C10H18O4.2Li/c11-9(12)7-5-3-1-2-4-6-8-10(13)14;;/h1-8H2,(H,11,12)(H,13,14);;/q;2*+1/p-2. The van der Waals surface area contributed by atoms with Crippen molar-refractivity contribution in [2.24, 2.45) is 0 Å². The van der Waals surface area contributed by atoms with E-state index in [-0.39, 0.29) is 50.6 Å². The fraction of sp³-hybridized carbons (Fsp3) is 0.800. The molecule has 0 radical (unpaired) electrons. The largest absolute Gasteiger partial charge is 1.00 e. The molecule has 0 saturated carbocycles. The van der Waals surface area contributed by atoms with E-state index in [4.69, 9.17) is 0 Å². The van der Waals surface area contributed by atoms with Crippen LogP contribution in [0.3, 0.4) is 0 Å². The molecule has 6 heteroatoms. The predicted octanol–water partition coefficient (Wildman–Crippen LogP) is -6.38. The molecular formula is C10H16Li2O4. The van der Waals surface area contributed by atoms with E-state index in [1.165, 1.54) is 0 Å². The molecule has 4 nitrogen and oxygen atoms in total. The SMILES string of the molecule is O=C([O-])CCCCCCCCC(=O)[O-].[Li+].[Li+]. The Hall–Kier alpha value is 0.135. The number of hydrogen-bond acceptors (Lipinski definition) is 4. The number of carboxylic acids is 2. The molecule has 0 heterocycles. The zero-order valence-electron chi connectivity index (χ0n) is 10.3. The quantitative estimate of drug-likeness (QED) is 0.282. The number of carboxylic acid groups (broad SMARTS) is 2. The van der Waals surface area contributed by atoms with Crippen molar-refractivity contribution in [3.8, 4) is 0 Å². The van der Waals surface area contributed by atoms with E-state index < -0.39 is 11.9 Å². The Balaban J connectivity index is -0.000000845. The van der Waals surface area contributed by atoms with Crippen molar-refractivity contribution < 1.29 is 57.5 Å². The number of rotatable bonds is 9. The number of unbranched alkanes of at least 4 members (excludes halogenated alkanes) is 5. The Kier molecular flexibility index (Phi) is 20.3. The smallest absolute Gasteiger partial charge is 0.550 e. The molecule has 0 unspecified atom stereocenters. The molecule has 0 aromatic heterocycles. The van der Waals surface area contributed by atoms with Crippen LogP contribution in [0.2, 0.25) is 0 Å². The Bertz CT molecular complexity index is 166. The van der Waals surface area contributed by atoms with E-state index in [9.17, 15) is 19.8 Å². The molecule has 0 saturated heterocycles. The topological polar surface area (TPSA) is 80.3 Å². The van der Waals surface area contributed by atoms with Crippen LogP contribution >= 0.6 is 0 Å². The van der Waals surface area contributed by atoms with Crippen LogP contribution in [-0.4, -0.2) is 11.9 Å². The van der Waals surface area contributed by atoms with E-state index in [1.807, 2.05) is 0 Å². The van der Waals surface area contributed by atoms with Gasteiger partial charge in [-0.2, -0.15) is 0 Å². The molecule has 0 aliphatic heterocycles. The number of carbonyl (C=O) groups excluding carboxylic acids is 2.